The van der Waals surface area contributed by atoms with Crippen LogP contribution in [0.3, 0.4) is 0 Å². The van der Waals surface area contributed by atoms with Crippen LogP contribution < -0.4 is 4.74 Å². The predicted octanol–water partition coefficient (Wildman–Crippen LogP) is 3.55. The summed E-state index contributed by atoms with van der Waals surface area (Å²) >= 11 is 0. The van der Waals surface area contributed by atoms with Gasteiger partial charge in [0.05, 0.1) is 23.7 Å². The third-order valence-corrected chi connectivity index (χ3v) is 3.02. The van der Waals surface area contributed by atoms with Gasteiger partial charge in [-0.25, -0.2) is 0 Å². The SMILES string of the molecule is COc1c(-c2ccccc2)[nH]c2cccc(O)c12. The van der Waals surface area contributed by atoms with E-state index in [9.17, 15) is 5.11 Å². The van der Waals surface area contributed by atoms with Crippen molar-refractivity contribution in [3.63, 3.8) is 0 Å². The predicted molar refractivity (Wildman–Crippen MR) is 72.0 cm³/mol. The van der Waals surface area contributed by atoms with Gasteiger partial charge in [-0.1, -0.05) is 36.4 Å². The third-order valence-electron chi connectivity index (χ3n) is 3.02. The van der Waals surface area contributed by atoms with Crippen molar-refractivity contribution < 1.29 is 9.84 Å². The molecule has 1 aromatic heterocycles. The van der Waals surface area contributed by atoms with Crippen LogP contribution in [0.4, 0.5) is 0 Å². The fourth-order valence-corrected chi connectivity index (χ4v) is 2.21. The second-order valence-electron chi connectivity index (χ2n) is 4.10. The Morgan fingerprint density at radius 1 is 1.00 bits per heavy atom. The van der Waals surface area contributed by atoms with Crippen molar-refractivity contribution in [3.8, 4) is 22.8 Å². The van der Waals surface area contributed by atoms with Gasteiger partial charge in [-0.2, -0.15) is 0 Å². The summed E-state index contributed by atoms with van der Waals surface area (Å²) in [6.45, 7) is 0. The van der Waals surface area contributed by atoms with E-state index in [0.29, 0.717) is 5.75 Å². The fourth-order valence-electron chi connectivity index (χ4n) is 2.21. The minimum absolute atomic E-state index is 0.225. The van der Waals surface area contributed by atoms with E-state index in [1.807, 2.05) is 42.5 Å². The topological polar surface area (TPSA) is 45.2 Å². The van der Waals surface area contributed by atoms with E-state index in [-0.39, 0.29) is 5.75 Å². The van der Waals surface area contributed by atoms with Crippen LogP contribution in [-0.2, 0) is 0 Å². The van der Waals surface area contributed by atoms with Crippen molar-refractivity contribution >= 4 is 10.9 Å². The smallest absolute Gasteiger partial charge is 0.155 e. The number of phenolic OH excluding ortho intramolecular Hbond substituents is 1. The van der Waals surface area contributed by atoms with Gasteiger partial charge in [0.1, 0.15) is 5.75 Å². The minimum Gasteiger partial charge on any atom is -0.507 e. The molecule has 18 heavy (non-hydrogen) atoms. The number of H-pyrrole nitrogens is 1. The Hall–Kier alpha value is -2.42. The summed E-state index contributed by atoms with van der Waals surface area (Å²) in [7, 11) is 1.61. The zero-order valence-electron chi connectivity index (χ0n) is 9.97. The van der Waals surface area contributed by atoms with Crippen LogP contribution in [0.2, 0.25) is 0 Å². The van der Waals surface area contributed by atoms with Crippen LogP contribution in [0.15, 0.2) is 48.5 Å². The molecule has 2 N–H and O–H groups in total. The molecular weight excluding hydrogens is 226 g/mol. The van der Waals surface area contributed by atoms with Gasteiger partial charge in [-0.05, 0) is 12.1 Å². The maximum absolute atomic E-state index is 9.94. The number of phenols is 1. The molecule has 3 nitrogen and oxygen atoms in total. The normalized spacial score (nSPS) is 10.7. The van der Waals surface area contributed by atoms with Crippen molar-refractivity contribution in [1.82, 2.24) is 4.98 Å². The molecule has 0 unspecified atom stereocenters. The maximum atomic E-state index is 9.94. The molecular formula is C15H13NO2. The largest absolute Gasteiger partial charge is 0.507 e. The molecule has 1 heterocycles. The molecule has 0 amide bonds. The number of hydrogen-bond donors (Lipinski definition) is 2. The average Bonchev–Trinajstić information content (AvgIpc) is 2.79. The number of benzene rings is 2. The van der Waals surface area contributed by atoms with Gasteiger partial charge in [0.15, 0.2) is 5.75 Å². The van der Waals surface area contributed by atoms with Gasteiger partial charge in [-0.3, -0.25) is 0 Å². The van der Waals surface area contributed by atoms with E-state index < -0.39 is 0 Å². The quantitative estimate of drug-likeness (QED) is 0.718. The van der Waals surface area contributed by atoms with Crippen LogP contribution in [0, 0.1) is 0 Å². The Morgan fingerprint density at radius 2 is 1.78 bits per heavy atom. The van der Waals surface area contributed by atoms with Crippen molar-refractivity contribution in [2.24, 2.45) is 0 Å². The first-order valence-corrected chi connectivity index (χ1v) is 5.74. The van der Waals surface area contributed by atoms with Crippen LogP contribution in [0.1, 0.15) is 0 Å². The lowest BCUT2D eigenvalue weighted by atomic mass is 10.1. The summed E-state index contributed by atoms with van der Waals surface area (Å²) < 4.78 is 5.44. The molecule has 3 rings (SSSR count). The number of methoxy groups -OCH3 is 1. The number of ether oxygens (including phenoxy) is 1. The summed E-state index contributed by atoms with van der Waals surface area (Å²) in [6, 6.07) is 15.3. The summed E-state index contributed by atoms with van der Waals surface area (Å²) in [5.41, 5.74) is 2.78. The van der Waals surface area contributed by atoms with Crippen molar-refractivity contribution in [2.75, 3.05) is 7.11 Å². The molecule has 0 aliphatic heterocycles. The number of rotatable bonds is 2. The molecule has 0 spiro atoms. The molecule has 0 aliphatic carbocycles. The Kier molecular flexibility index (Phi) is 2.45. The van der Waals surface area contributed by atoms with Gasteiger partial charge in [0.2, 0.25) is 0 Å². The van der Waals surface area contributed by atoms with E-state index in [4.69, 9.17) is 4.74 Å². The highest BCUT2D eigenvalue weighted by molar-refractivity contribution is 5.98. The van der Waals surface area contributed by atoms with Crippen LogP contribution >= 0.6 is 0 Å². The van der Waals surface area contributed by atoms with E-state index in [1.54, 1.807) is 13.2 Å². The molecule has 2 aromatic carbocycles. The van der Waals surface area contributed by atoms with Gasteiger partial charge >= 0.3 is 0 Å². The first-order chi connectivity index (χ1) is 8.81. The summed E-state index contributed by atoms with van der Waals surface area (Å²) in [5.74, 6) is 0.900. The van der Waals surface area contributed by atoms with Crippen LogP contribution in [-0.4, -0.2) is 17.2 Å². The first kappa shape index (κ1) is 10.7. The van der Waals surface area contributed by atoms with Crippen LogP contribution in [0.25, 0.3) is 22.2 Å². The third kappa shape index (κ3) is 1.52. The maximum Gasteiger partial charge on any atom is 0.155 e. The average molecular weight is 239 g/mol. The van der Waals surface area contributed by atoms with Gasteiger partial charge in [-0.15, -0.1) is 0 Å². The zero-order valence-corrected chi connectivity index (χ0v) is 9.97. The minimum atomic E-state index is 0.225. The highest BCUT2D eigenvalue weighted by Crippen LogP contribution is 2.40. The second-order valence-corrected chi connectivity index (χ2v) is 4.10. The van der Waals surface area contributed by atoms with Crippen molar-refractivity contribution in [1.29, 1.82) is 0 Å². The molecule has 0 radical (unpaired) electrons. The highest BCUT2D eigenvalue weighted by atomic mass is 16.5. The van der Waals surface area contributed by atoms with Gasteiger partial charge < -0.3 is 14.8 Å². The second kappa shape index (κ2) is 4.11. The Morgan fingerprint density at radius 3 is 2.50 bits per heavy atom. The number of nitrogens with one attached hydrogen (secondary N) is 1. The molecule has 0 bridgehead atoms. The number of aromatic amines is 1. The standard InChI is InChI=1S/C15H13NO2/c1-18-15-13-11(8-5-9-12(13)17)16-14(15)10-6-3-2-4-7-10/h2-9,16-17H,1H3. The summed E-state index contributed by atoms with van der Waals surface area (Å²) in [5, 5.41) is 10.7. The number of aromatic nitrogens is 1. The lowest BCUT2D eigenvalue weighted by molar-refractivity contribution is 0.418. The van der Waals surface area contributed by atoms with E-state index >= 15 is 0 Å². The highest BCUT2D eigenvalue weighted by Gasteiger charge is 2.16. The Balaban J connectivity index is 2.34. The lowest BCUT2D eigenvalue weighted by Gasteiger charge is -2.03. The molecule has 0 fully saturated rings. The molecule has 0 atom stereocenters. The fraction of sp³-hybridized carbons (Fsp3) is 0.0667. The summed E-state index contributed by atoms with van der Waals surface area (Å²) in [4.78, 5) is 3.29. The number of fused-ring (bicyclic) bond motifs is 1. The van der Waals surface area contributed by atoms with Gasteiger partial charge in [0, 0.05) is 5.56 Å². The number of hydrogen-bond acceptors (Lipinski definition) is 2. The zero-order chi connectivity index (χ0) is 12.5. The number of aromatic hydroxyl groups is 1. The summed E-state index contributed by atoms with van der Waals surface area (Å²) in [6.07, 6.45) is 0. The van der Waals surface area contributed by atoms with E-state index in [2.05, 4.69) is 4.98 Å². The molecule has 90 valence electrons. The molecule has 3 heteroatoms. The van der Waals surface area contributed by atoms with Crippen LogP contribution in [0.5, 0.6) is 11.5 Å². The van der Waals surface area contributed by atoms with E-state index in [0.717, 1.165) is 22.2 Å². The monoisotopic (exact) mass is 239 g/mol. The molecule has 0 saturated heterocycles. The molecule has 0 aliphatic rings. The van der Waals surface area contributed by atoms with Crippen molar-refractivity contribution in [3.05, 3.63) is 48.5 Å². The Labute approximate surface area is 105 Å². The lowest BCUT2D eigenvalue weighted by Crippen LogP contribution is -1.85. The van der Waals surface area contributed by atoms with Crippen molar-refractivity contribution in [2.45, 2.75) is 0 Å². The van der Waals surface area contributed by atoms with E-state index in [1.165, 1.54) is 0 Å². The molecule has 0 saturated carbocycles. The Bertz CT molecular complexity index is 686. The van der Waals surface area contributed by atoms with Gasteiger partial charge in [0.25, 0.3) is 0 Å². The first-order valence-electron chi connectivity index (χ1n) is 5.74. The molecule has 3 aromatic rings.